The van der Waals surface area contributed by atoms with Gasteiger partial charge in [0.1, 0.15) is 0 Å². The summed E-state index contributed by atoms with van der Waals surface area (Å²) in [6.07, 6.45) is 0. The number of carbonyl (C=O) groups is 1. The molecule has 0 spiro atoms. The number of hydrogen-bond acceptors (Lipinski definition) is 3. The summed E-state index contributed by atoms with van der Waals surface area (Å²) in [5.41, 5.74) is 1.03. The average molecular weight is 270 g/mol. The molecule has 1 N–H and O–H groups in total. The van der Waals surface area contributed by atoms with Gasteiger partial charge in [0.25, 0.3) is 0 Å². The highest BCUT2D eigenvalue weighted by Crippen LogP contribution is 2.26. The Balaban J connectivity index is 2.26. The number of hydrogen-bond donors (Lipinski definition) is 1. The maximum absolute atomic E-state index is 11.7. The second-order valence-electron chi connectivity index (χ2n) is 4.74. The van der Waals surface area contributed by atoms with Crippen molar-refractivity contribution in [3.8, 4) is 11.1 Å². The fraction of sp³-hybridized carbons (Fsp3) is 0.235. The predicted molar refractivity (Wildman–Crippen MR) is 78.1 cm³/mol. The van der Waals surface area contributed by atoms with E-state index in [4.69, 9.17) is 4.74 Å². The maximum Gasteiger partial charge on any atom is 0.342 e. The Morgan fingerprint density at radius 3 is 2.15 bits per heavy atom. The third-order valence-corrected chi connectivity index (χ3v) is 3.23. The van der Waals surface area contributed by atoms with E-state index in [2.05, 4.69) is 0 Å². The van der Waals surface area contributed by atoms with Gasteiger partial charge in [0.05, 0.1) is 6.61 Å². The lowest BCUT2D eigenvalue weighted by atomic mass is 9.94. The molecule has 104 valence electrons. The standard InChI is InChI=1S/C17H18O3/c1-3-20-16(18)17(2,19)15-11-9-14(10-12-15)13-7-5-4-6-8-13/h4-12,19H,3H2,1-2H3. The topological polar surface area (TPSA) is 46.5 Å². The van der Waals surface area contributed by atoms with Crippen LogP contribution in [0.5, 0.6) is 0 Å². The maximum atomic E-state index is 11.7. The van der Waals surface area contributed by atoms with Gasteiger partial charge in [-0.2, -0.15) is 0 Å². The average Bonchev–Trinajstić information content (AvgIpc) is 2.48. The van der Waals surface area contributed by atoms with Crippen molar-refractivity contribution in [1.82, 2.24) is 0 Å². The Morgan fingerprint density at radius 2 is 1.60 bits per heavy atom. The molecule has 0 bridgehead atoms. The van der Waals surface area contributed by atoms with Crippen molar-refractivity contribution in [2.45, 2.75) is 19.4 Å². The smallest absolute Gasteiger partial charge is 0.342 e. The van der Waals surface area contributed by atoms with E-state index in [1.807, 2.05) is 42.5 Å². The normalized spacial score (nSPS) is 13.6. The van der Waals surface area contributed by atoms with Crippen molar-refractivity contribution in [3.63, 3.8) is 0 Å². The zero-order chi connectivity index (χ0) is 14.6. The van der Waals surface area contributed by atoms with Crippen LogP contribution in [0.1, 0.15) is 19.4 Å². The van der Waals surface area contributed by atoms with Crippen LogP contribution in [0.2, 0.25) is 0 Å². The Kier molecular flexibility index (Phi) is 4.20. The quantitative estimate of drug-likeness (QED) is 0.868. The third-order valence-electron chi connectivity index (χ3n) is 3.23. The molecular weight excluding hydrogens is 252 g/mol. The van der Waals surface area contributed by atoms with E-state index in [9.17, 15) is 9.90 Å². The summed E-state index contributed by atoms with van der Waals surface area (Å²) in [6, 6.07) is 17.2. The van der Waals surface area contributed by atoms with Crippen LogP contribution in [0.3, 0.4) is 0 Å². The first kappa shape index (κ1) is 14.3. The monoisotopic (exact) mass is 270 g/mol. The summed E-state index contributed by atoms with van der Waals surface area (Å²) < 4.78 is 4.89. The molecule has 0 aromatic heterocycles. The van der Waals surface area contributed by atoms with Crippen LogP contribution in [0.25, 0.3) is 11.1 Å². The van der Waals surface area contributed by atoms with E-state index < -0.39 is 11.6 Å². The van der Waals surface area contributed by atoms with E-state index in [-0.39, 0.29) is 6.61 Å². The molecule has 2 rings (SSSR count). The SMILES string of the molecule is CCOC(=O)C(C)(O)c1ccc(-c2ccccc2)cc1. The first-order valence-corrected chi connectivity index (χ1v) is 6.61. The number of carbonyl (C=O) groups excluding carboxylic acids is 1. The molecule has 0 heterocycles. The summed E-state index contributed by atoms with van der Waals surface area (Å²) in [4.78, 5) is 11.7. The molecule has 0 saturated heterocycles. The van der Waals surface area contributed by atoms with Gasteiger partial charge in [-0.05, 0) is 30.5 Å². The lowest BCUT2D eigenvalue weighted by molar-refractivity contribution is -0.164. The Labute approximate surface area is 118 Å². The number of esters is 1. The first-order chi connectivity index (χ1) is 9.55. The fourth-order valence-corrected chi connectivity index (χ4v) is 2.01. The van der Waals surface area contributed by atoms with Crippen LogP contribution in [0.4, 0.5) is 0 Å². The molecule has 3 nitrogen and oxygen atoms in total. The summed E-state index contributed by atoms with van der Waals surface area (Å²) in [7, 11) is 0. The predicted octanol–water partition coefficient (Wildman–Crippen LogP) is 3.12. The summed E-state index contributed by atoms with van der Waals surface area (Å²) >= 11 is 0. The van der Waals surface area contributed by atoms with Gasteiger partial charge < -0.3 is 9.84 Å². The van der Waals surface area contributed by atoms with E-state index in [0.29, 0.717) is 5.56 Å². The van der Waals surface area contributed by atoms with Gasteiger partial charge in [0.2, 0.25) is 0 Å². The van der Waals surface area contributed by atoms with Crippen LogP contribution in [-0.4, -0.2) is 17.7 Å². The van der Waals surface area contributed by atoms with Gasteiger partial charge in [0, 0.05) is 0 Å². The highest BCUT2D eigenvalue weighted by atomic mass is 16.5. The Morgan fingerprint density at radius 1 is 1.05 bits per heavy atom. The molecule has 3 heteroatoms. The molecule has 1 atom stereocenters. The van der Waals surface area contributed by atoms with Crippen molar-refractivity contribution in [2.75, 3.05) is 6.61 Å². The molecule has 0 radical (unpaired) electrons. The van der Waals surface area contributed by atoms with Crippen molar-refractivity contribution in [1.29, 1.82) is 0 Å². The lowest BCUT2D eigenvalue weighted by Crippen LogP contribution is -2.34. The first-order valence-electron chi connectivity index (χ1n) is 6.61. The molecule has 2 aromatic carbocycles. The Bertz CT molecular complexity index is 571. The molecule has 0 amide bonds. The second kappa shape index (κ2) is 5.88. The molecule has 1 unspecified atom stereocenters. The number of rotatable bonds is 4. The van der Waals surface area contributed by atoms with Gasteiger partial charge in [0.15, 0.2) is 5.60 Å². The van der Waals surface area contributed by atoms with E-state index in [0.717, 1.165) is 11.1 Å². The van der Waals surface area contributed by atoms with Gasteiger partial charge in [-0.3, -0.25) is 0 Å². The number of aliphatic hydroxyl groups is 1. The molecule has 0 aliphatic carbocycles. The summed E-state index contributed by atoms with van der Waals surface area (Å²) in [6.45, 7) is 3.41. The van der Waals surface area contributed by atoms with Gasteiger partial charge in [-0.1, -0.05) is 54.6 Å². The van der Waals surface area contributed by atoms with Crippen molar-refractivity contribution in [3.05, 3.63) is 60.2 Å². The van der Waals surface area contributed by atoms with Crippen molar-refractivity contribution >= 4 is 5.97 Å². The minimum Gasteiger partial charge on any atom is -0.464 e. The molecule has 2 aromatic rings. The third kappa shape index (κ3) is 2.89. The minimum absolute atomic E-state index is 0.247. The fourth-order valence-electron chi connectivity index (χ4n) is 2.01. The van der Waals surface area contributed by atoms with Crippen LogP contribution < -0.4 is 0 Å². The molecule has 0 saturated carbocycles. The van der Waals surface area contributed by atoms with Crippen LogP contribution in [0, 0.1) is 0 Å². The van der Waals surface area contributed by atoms with Crippen LogP contribution in [-0.2, 0) is 15.1 Å². The highest BCUT2D eigenvalue weighted by molar-refractivity contribution is 5.81. The van der Waals surface area contributed by atoms with Crippen molar-refractivity contribution in [2.24, 2.45) is 0 Å². The van der Waals surface area contributed by atoms with E-state index in [1.54, 1.807) is 19.1 Å². The van der Waals surface area contributed by atoms with Gasteiger partial charge in [-0.25, -0.2) is 4.79 Å². The molecule has 0 aliphatic heterocycles. The number of ether oxygens (including phenoxy) is 1. The molecule has 0 aliphatic rings. The van der Waals surface area contributed by atoms with E-state index >= 15 is 0 Å². The zero-order valence-corrected chi connectivity index (χ0v) is 11.7. The van der Waals surface area contributed by atoms with Gasteiger partial charge >= 0.3 is 5.97 Å². The van der Waals surface area contributed by atoms with Crippen LogP contribution in [0.15, 0.2) is 54.6 Å². The number of benzene rings is 2. The second-order valence-corrected chi connectivity index (χ2v) is 4.74. The molecular formula is C17H18O3. The Hall–Kier alpha value is -2.13. The largest absolute Gasteiger partial charge is 0.464 e. The summed E-state index contributed by atoms with van der Waals surface area (Å²) in [5, 5.41) is 10.3. The lowest BCUT2D eigenvalue weighted by Gasteiger charge is -2.21. The minimum atomic E-state index is -1.62. The van der Waals surface area contributed by atoms with E-state index in [1.165, 1.54) is 6.92 Å². The summed E-state index contributed by atoms with van der Waals surface area (Å²) in [5.74, 6) is -0.632. The molecule has 0 fully saturated rings. The van der Waals surface area contributed by atoms with Gasteiger partial charge in [-0.15, -0.1) is 0 Å². The van der Waals surface area contributed by atoms with Crippen LogP contribution >= 0.6 is 0 Å². The zero-order valence-electron chi connectivity index (χ0n) is 11.7. The van der Waals surface area contributed by atoms with Crippen molar-refractivity contribution < 1.29 is 14.6 Å². The highest BCUT2D eigenvalue weighted by Gasteiger charge is 2.33. The molecule has 20 heavy (non-hydrogen) atoms.